The van der Waals surface area contributed by atoms with Crippen molar-refractivity contribution in [2.45, 2.75) is 38.6 Å². The van der Waals surface area contributed by atoms with Crippen LogP contribution in [0.4, 0.5) is 0 Å². The van der Waals surface area contributed by atoms with Crippen molar-refractivity contribution in [1.82, 2.24) is 8.87 Å². The van der Waals surface area contributed by atoms with E-state index in [0.717, 1.165) is 33.8 Å². The zero-order chi connectivity index (χ0) is 27.7. The SMILES string of the molecule is Cc1ccc(-n2c(C)cc(C(=O)COC(=O)c3ccc(S(=O)(=O)N4CCc5ccccc5C4)cc3)c2C)cc1. The van der Waals surface area contributed by atoms with E-state index in [1.54, 1.807) is 6.07 Å². The summed E-state index contributed by atoms with van der Waals surface area (Å²) < 4.78 is 35.1. The molecule has 0 aliphatic carbocycles. The summed E-state index contributed by atoms with van der Waals surface area (Å²) >= 11 is 0. The van der Waals surface area contributed by atoms with Gasteiger partial charge in [0.25, 0.3) is 0 Å². The molecular formula is C31H30N2O5S. The number of sulfonamides is 1. The maximum atomic E-state index is 13.2. The van der Waals surface area contributed by atoms with E-state index in [1.807, 2.05) is 73.9 Å². The second-order valence-corrected chi connectivity index (χ2v) is 11.8. The molecule has 0 N–H and O–H groups in total. The number of fused-ring (bicyclic) bond motifs is 1. The molecule has 7 nitrogen and oxygen atoms in total. The molecule has 8 heteroatoms. The molecular weight excluding hydrogens is 512 g/mol. The van der Waals surface area contributed by atoms with Crippen LogP contribution in [0.15, 0.2) is 83.8 Å². The molecule has 0 saturated carbocycles. The summed E-state index contributed by atoms with van der Waals surface area (Å²) in [5.74, 6) is -0.995. The lowest BCUT2D eigenvalue weighted by atomic mass is 10.0. The van der Waals surface area contributed by atoms with Gasteiger partial charge in [-0.05, 0) is 80.8 Å². The summed E-state index contributed by atoms with van der Waals surface area (Å²) in [5, 5.41) is 0. The highest BCUT2D eigenvalue weighted by Crippen LogP contribution is 2.26. The van der Waals surface area contributed by atoms with Crippen molar-refractivity contribution in [2.75, 3.05) is 13.2 Å². The van der Waals surface area contributed by atoms with Gasteiger partial charge in [-0.15, -0.1) is 0 Å². The quantitative estimate of drug-likeness (QED) is 0.237. The third kappa shape index (κ3) is 5.30. The van der Waals surface area contributed by atoms with Gasteiger partial charge in [0.2, 0.25) is 15.8 Å². The van der Waals surface area contributed by atoms with Gasteiger partial charge in [0.05, 0.1) is 10.5 Å². The number of hydrogen-bond donors (Lipinski definition) is 0. The predicted octanol–water partition coefficient (Wildman–Crippen LogP) is 5.19. The number of ether oxygens (including phenoxy) is 1. The standard InChI is InChI=1S/C31H30N2O5S/c1-21-8-12-27(13-9-21)33-22(2)18-29(23(33)3)30(34)20-38-31(35)25-10-14-28(15-11-25)39(36,37)32-17-16-24-6-4-5-7-26(24)19-32/h4-15,18H,16-17,19-20H2,1-3H3. The van der Waals surface area contributed by atoms with Gasteiger partial charge in [-0.25, -0.2) is 13.2 Å². The number of aryl methyl sites for hydroxylation is 2. The Hall–Kier alpha value is -4.01. The van der Waals surface area contributed by atoms with Gasteiger partial charge in [0.15, 0.2) is 6.61 Å². The van der Waals surface area contributed by atoms with Crippen molar-refractivity contribution >= 4 is 21.8 Å². The molecule has 0 atom stereocenters. The molecule has 0 bridgehead atoms. The summed E-state index contributed by atoms with van der Waals surface area (Å²) in [7, 11) is -3.72. The Bertz CT molecular complexity index is 1650. The van der Waals surface area contributed by atoms with Crippen LogP contribution in [0.25, 0.3) is 5.69 Å². The number of Topliss-reactive ketones (excluding diaryl/α,β-unsaturated/α-hetero) is 1. The number of carbonyl (C=O) groups is 2. The van der Waals surface area contributed by atoms with E-state index in [9.17, 15) is 18.0 Å². The van der Waals surface area contributed by atoms with Crippen molar-refractivity contribution in [3.63, 3.8) is 0 Å². The molecule has 0 spiro atoms. The normalized spacial score (nSPS) is 13.6. The highest BCUT2D eigenvalue weighted by atomic mass is 32.2. The van der Waals surface area contributed by atoms with Crippen LogP contribution in [-0.4, -0.2) is 42.2 Å². The molecule has 1 aromatic heterocycles. The Morgan fingerprint density at radius 2 is 1.54 bits per heavy atom. The molecule has 4 aromatic rings. The fourth-order valence-electron chi connectivity index (χ4n) is 5.02. The molecule has 39 heavy (non-hydrogen) atoms. The van der Waals surface area contributed by atoms with Crippen molar-refractivity contribution < 1.29 is 22.7 Å². The van der Waals surface area contributed by atoms with Gasteiger partial charge in [-0.3, -0.25) is 4.79 Å². The Morgan fingerprint density at radius 3 is 2.23 bits per heavy atom. The van der Waals surface area contributed by atoms with Crippen molar-refractivity contribution in [2.24, 2.45) is 0 Å². The van der Waals surface area contributed by atoms with Gasteiger partial charge < -0.3 is 9.30 Å². The summed E-state index contributed by atoms with van der Waals surface area (Å²) in [6.45, 7) is 6.10. The topological polar surface area (TPSA) is 85.7 Å². The summed E-state index contributed by atoms with van der Waals surface area (Å²) in [4.78, 5) is 25.7. The summed E-state index contributed by atoms with van der Waals surface area (Å²) in [6, 6.07) is 23.3. The van der Waals surface area contributed by atoms with Gasteiger partial charge in [-0.2, -0.15) is 4.31 Å². The van der Waals surface area contributed by atoms with Crippen LogP contribution < -0.4 is 0 Å². The van der Waals surface area contributed by atoms with E-state index in [1.165, 1.54) is 28.6 Å². The van der Waals surface area contributed by atoms with Crippen molar-refractivity contribution in [3.05, 3.63) is 118 Å². The molecule has 1 aliphatic heterocycles. The fraction of sp³-hybridized carbons (Fsp3) is 0.226. The minimum Gasteiger partial charge on any atom is -0.454 e. The molecule has 0 radical (unpaired) electrons. The van der Waals surface area contributed by atoms with E-state index < -0.39 is 22.6 Å². The number of rotatable bonds is 7. The van der Waals surface area contributed by atoms with Crippen LogP contribution in [0.1, 0.15) is 48.8 Å². The molecule has 1 aliphatic rings. The Balaban J connectivity index is 1.24. The van der Waals surface area contributed by atoms with Crippen LogP contribution in [0.3, 0.4) is 0 Å². The molecule has 200 valence electrons. The predicted molar refractivity (Wildman–Crippen MR) is 149 cm³/mol. The first-order valence-electron chi connectivity index (χ1n) is 12.8. The number of carbonyl (C=O) groups excluding carboxylic acids is 2. The number of hydrogen-bond acceptors (Lipinski definition) is 5. The smallest absolute Gasteiger partial charge is 0.338 e. The highest BCUT2D eigenvalue weighted by Gasteiger charge is 2.28. The molecule has 0 unspecified atom stereocenters. The molecule has 3 aromatic carbocycles. The molecule has 5 rings (SSSR count). The van der Waals surface area contributed by atoms with Gasteiger partial charge >= 0.3 is 5.97 Å². The second kappa shape index (κ2) is 10.6. The highest BCUT2D eigenvalue weighted by molar-refractivity contribution is 7.89. The minimum atomic E-state index is -3.72. The molecule has 0 amide bonds. The van der Waals surface area contributed by atoms with Crippen LogP contribution in [0.2, 0.25) is 0 Å². The van der Waals surface area contributed by atoms with Gasteiger partial charge in [-0.1, -0.05) is 42.0 Å². The fourth-order valence-corrected chi connectivity index (χ4v) is 6.43. The Morgan fingerprint density at radius 1 is 0.872 bits per heavy atom. The lowest BCUT2D eigenvalue weighted by molar-refractivity contribution is 0.0474. The lowest BCUT2D eigenvalue weighted by Crippen LogP contribution is -2.35. The molecule has 2 heterocycles. The largest absolute Gasteiger partial charge is 0.454 e. The number of nitrogens with zero attached hydrogens (tertiary/aromatic N) is 2. The van der Waals surface area contributed by atoms with Crippen molar-refractivity contribution in [3.8, 4) is 5.69 Å². The zero-order valence-electron chi connectivity index (χ0n) is 22.2. The third-order valence-corrected chi connectivity index (χ3v) is 9.04. The number of esters is 1. The monoisotopic (exact) mass is 542 g/mol. The Labute approximate surface area is 228 Å². The van der Waals surface area contributed by atoms with E-state index in [0.29, 0.717) is 25.1 Å². The first-order chi connectivity index (χ1) is 18.6. The van der Waals surface area contributed by atoms with E-state index >= 15 is 0 Å². The minimum absolute atomic E-state index is 0.109. The average Bonchev–Trinajstić information content (AvgIpc) is 3.25. The van der Waals surface area contributed by atoms with E-state index in [4.69, 9.17) is 4.74 Å². The summed E-state index contributed by atoms with van der Waals surface area (Å²) in [5.41, 5.74) is 6.60. The lowest BCUT2D eigenvalue weighted by Gasteiger charge is -2.28. The van der Waals surface area contributed by atoms with Crippen LogP contribution in [0, 0.1) is 20.8 Å². The molecule has 0 saturated heterocycles. The summed E-state index contributed by atoms with van der Waals surface area (Å²) in [6.07, 6.45) is 0.654. The number of benzene rings is 3. The maximum Gasteiger partial charge on any atom is 0.338 e. The number of aromatic nitrogens is 1. The first kappa shape index (κ1) is 26.6. The van der Waals surface area contributed by atoms with Crippen LogP contribution >= 0.6 is 0 Å². The third-order valence-electron chi connectivity index (χ3n) is 7.18. The Kier molecular flexibility index (Phi) is 7.25. The van der Waals surface area contributed by atoms with E-state index in [-0.39, 0.29) is 16.2 Å². The van der Waals surface area contributed by atoms with Crippen molar-refractivity contribution in [1.29, 1.82) is 0 Å². The van der Waals surface area contributed by atoms with Gasteiger partial charge in [0, 0.05) is 35.7 Å². The first-order valence-corrected chi connectivity index (χ1v) is 14.2. The molecule has 0 fully saturated rings. The van der Waals surface area contributed by atoms with Crippen LogP contribution in [-0.2, 0) is 27.7 Å². The zero-order valence-corrected chi connectivity index (χ0v) is 23.0. The van der Waals surface area contributed by atoms with Crippen LogP contribution in [0.5, 0.6) is 0 Å². The van der Waals surface area contributed by atoms with E-state index in [2.05, 4.69) is 0 Å². The second-order valence-electron chi connectivity index (χ2n) is 9.84. The van der Waals surface area contributed by atoms with Gasteiger partial charge in [0.1, 0.15) is 0 Å². The average molecular weight is 543 g/mol. The number of ketones is 1. The maximum absolute atomic E-state index is 13.2.